The largest absolute Gasteiger partial charge is 0.326 e. The smallest absolute Gasteiger partial charge is 0.238 e. The molecule has 1 aromatic rings. The Hall–Kier alpha value is -1.92. The minimum Gasteiger partial charge on any atom is -0.326 e. The van der Waals surface area contributed by atoms with Gasteiger partial charge in [-0.05, 0) is 76.0 Å². The zero-order valence-electron chi connectivity index (χ0n) is 16.1. The predicted octanol–water partition coefficient (Wildman–Crippen LogP) is 2.83. The minimum absolute atomic E-state index is 0.00844. The molecule has 1 atom stereocenters. The maximum Gasteiger partial charge on any atom is 0.238 e. The van der Waals surface area contributed by atoms with Crippen molar-refractivity contribution in [3.05, 3.63) is 24.3 Å². The average molecular weight is 373 g/mol. The van der Waals surface area contributed by atoms with Gasteiger partial charge in [0.1, 0.15) is 0 Å². The van der Waals surface area contributed by atoms with E-state index in [-0.39, 0.29) is 11.8 Å². The Kier molecular flexibility index (Phi) is 7.66. The third-order valence-corrected chi connectivity index (χ3v) is 5.44. The monoisotopic (exact) mass is 372 g/mol. The van der Waals surface area contributed by atoms with Crippen molar-refractivity contribution in [3.63, 3.8) is 0 Å². The van der Waals surface area contributed by atoms with E-state index in [1.807, 2.05) is 24.3 Å². The fraction of sp³-hybridized carbons (Fsp3) is 0.619. The molecule has 1 unspecified atom stereocenters. The molecule has 2 aliphatic heterocycles. The van der Waals surface area contributed by atoms with Crippen molar-refractivity contribution in [1.82, 2.24) is 10.2 Å². The van der Waals surface area contributed by atoms with Gasteiger partial charge in [-0.15, -0.1) is 0 Å². The first-order valence-corrected chi connectivity index (χ1v) is 10.3. The van der Waals surface area contributed by atoms with Crippen LogP contribution in [0.15, 0.2) is 24.3 Å². The first-order chi connectivity index (χ1) is 13.2. The van der Waals surface area contributed by atoms with Gasteiger partial charge < -0.3 is 16.0 Å². The van der Waals surface area contributed by atoms with Gasteiger partial charge >= 0.3 is 0 Å². The number of amides is 2. The van der Waals surface area contributed by atoms with E-state index >= 15 is 0 Å². The van der Waals surface area contributed by atoms with Crippen molar-refractivity contribution in [2.75, 3.05) is 43.4 Å². The number of nitrogens with one attached hydrogen (secondary N) is 3. The molecular weight excluding hydrogens is 340 g/mol. The lowest BCUT2D eigenvalue weighted by molar-refractivity contribution is -0.117. The summed E-state index contributed by atoms with van der Waals surface area (Å²) in [5, 5.41) is 9.24. The zero-order valence-corrected chi connectivity index (χ0v) is 16.1. The molecule has 3 rings (SSSR count). The summed E-state index contributed by atoms with van der Waals surface area (Å²) in [6.07, 6.45) is 7.49. The van der Waals surface area contributed by atoms with Crippen LogP contribution in [0.1, 0.15) is 44.9 Å². The Balaban J connectivity index is 1.44. The molecule has 3 N–H and O–H groups in total. The van der Waals surface area contributed by atoms with Gasteiger partial charge in [-0.3, -0.25) is 14.5 Å². The van der Waals surface area contributed by atoms with Crippen LogP contribution in [-0.2, 0) is 9.59 Å². The topological polar surface area (TPSA) is 73.5 Å². The van der Waals surface area contributed by atoms with Gasteiger partial charge in [0.2, 0.25) is 11.8 Å². The summed E-state index contributed by atoms with van der Waals surface area (Å²) in [4.78, 5) is 26.7. The SMILES string of the molecule is O=C(CCC1CCNC1)Nc1cccc(NC(=O)CN2CCCCCC2)c1. The fourth-order valence-electron chi connectivity index (χ4n) is 3.89. The normalized spacial score (nSPS) is 20.8. The number of likely N-dealkylation sites (tertiary alicyclic amines) is 1. The van der Waals surface area contributed by atoms with E-state index in [0.29, 0.717) is 18.9 Å². The van der Waals surface area contributed by atoms with Crippen LogP contribution in [0, 0.1) is 5.92 Å². The second kappa shape index (κ2) is 10.4. The summed E-state index contributed by atoms with van der Waals surface area (Å²) in [5.74, 6) is 0.657. The van der Waals surface area contributed by atoms with Crippen molar-refractivity contribution in [2.24, 2.45) is 5.92 Å². The van der Waals surface area contributed by atoms with Crippen molar-refractivity contribution in [2.45, 2.75) is 44.9 Å². The molecular formula is C21H32N4O2. The van der Waals surface area contributed by atoms with Crippen LogP contribution in [0.25, 0.3) is 0 Å². The van der Waals surface area contributed by atoms with Crippen LogP contribution in [0.3, 0.4) is 0 Å². The first-order valence-electron chi connectivity index (χ1n) is 10.3. The molecule has 1 aromatic carbocycles. The van der Waals surface area contributed by atoms with Gasteiger partial charge in [-0.2, -0.15) is 0 Å². The quantitative estimate of drug-likeness (QED) is 0.688. The van der Waals surface area contributed by atoms with Gasteiger partial charge in [0, 0.05) is 17.8 Å². The predicted molar refractivity (Wildman–Crippen MR) is 109 cm³/mol. The van der Waals surface area contributed by atoms with Gasteiger partial charge in [0.15, 0.2) is 0 Å². The molecule has 0 spiro atoms. The highest BCUT2D eigenvalue weighted by Gasteiger charge is 2.16. The minimum atomic E-state index is 0.00844. The number of carbonyl (C=O) groups is 2. The fourth-order valence-corrected chi connectivity index (χ4v) is 3.89. The summed E-state index contributed by atoms with van der Waals surface area (Å²) in [7, 11) is 0. The number of hydrogen-bond acceptors (Lipinski definition) is 4. The molecule has 0 saturated carbocycles. The van der Waals surface area contributed by atoms with Gasteiger partial charge in [0.05, 0.1) is 6.54 Å². The molecule has 0 bridgehead atoms. The summed E-state index contributed by atoms with van der Waals surface area (Å²) in [5.41, 5.74) is 1.46. The van der Waals surface area contributed by atoms with Crippen molar-refractivity contribution in [3.8, 4) is 0 Å². The van der Waals surface area contributed by atoms with Crippen LogP contribution in [0.2, 0.25) is 0 Å². The van der Waals surface area contributed by atoms with E-state index < -0.39 is 0 Å². The van der Waals surface area contributed by atoms with E-state index in [0.717, 1.165) is 50.4 Å². The summed E-state index contributed by atoms with van der Waals surface area (Å²) >= 11 is 0. The number of benzene rings is 1. The summed E-state index contributed by atoms with van der Waals surface area (Å²) in [6.45, 7) is 4.52. The molecule has 0 aliphatic carbocycles. The van der Waals surface area contributed by atoms with Gasteiger partial charge in [0.25, 0.3) is 0 Å². The molecule has 6 nitrogen and oxygen atoms in total. The van der Waals surface area contributed by atoms with E-state index in [9.17, 15) is 9.59 Å². The van der Waals surface area contributed by atoms with E-state index in [1.54, 1.807) is 0 Å². The number of hydrogen-bond donors (Lipinski definition) is 3. The van der Waals surface area contributed by atoms with E-state index in [2.05, 4.69) is 20.9 Å². The van der Waals surface area contributed by atoms with Gasteiger partial charge in [-0.25, -0.2) is 0 Å². The van der Waals surface area contributed by atoms with E-state index in [4.69, 9.17) is 0 Å². The van der Waals surface area contributed by atoms with Crippen LogP contribution in [0.5, 0.6) is 0 Å². The highest BCUT2D eigenvalue weighted by molar-refractivity contribution is 5.94. The maximum absolute atomic E-state index is 12.3. The van der Waals surface area contributed by atoms with Crippen LogP contribution < -0.4 is 16.0 Å². The lowest BCUT2D eigenvalue weighted by atomic mass is 10.0. The summed E-state index contributed by atoms with van der Waals surface area (Å²) in [6, 6.07) is 7.41. The second-order valence-corrected chi connectivity index (χ2v) is 7.77. The Morgan fingerprint density at radius 1 is 1.04 bits per heavy atom. The van der Waals surface area contributed by atoms with Crippen LogP contribution >= 0.6 is 0 Å². The third-order valence-electron chi connectivity index (χ3n) is 5.44. The third kappa shape index (κ3) is 6.96. The second-order valence-electron chi connectivity index (χ2n) is 7.77. The standard InChI is InChI=1S/C21H32N4O2/c26-20(9-8-17-10-11-22-15-17)23-18-6-5-7-19(14-18)24-21(27)16-25-12-3-1-2-4-13-25/h5-7,14,17,22H,1-4,8-13,15-16H2,(H,23,26)(H,24,27). The number of nitrogens with zero attached hydrogens (tertiary/aromatic N) is 1. The molecule has 0 radical (unpaired) electrons. The number of anilines is 2. The number of rotatable bonds is 7. The summed E-state index contributed by atoms with van der Waals surface area (Å²) < 4.78 is 0. The van der Waals surface area contributed by atoms with Crippen LogP contribution in [0.4, 0.5) is 11.4 Å². The lowest BCUT2D eigenvalue weighted by Gasteiger charge is -2.19. The van der Waals surface area contributed by atoms with Crippen molar-refractivity contribution >= 4 is 23.2 Å². The highest BCUT2D eigenvalue weighted by atomic mass is 16.2. The highest BCUT2D eigenvalue weighted by Crippen LogP contribution is 2.18. The molecule has 2 heterocycles. The van der Waals surface area contributed by atoms with Crippen LogP contribution in [-0.4, -0.2) is 49.4 Å². The molecule has 2 amide bonds. The lowest BCUT2D eigenvalue weighted by Crippen LogP contribution is -2.33. The molecule has 148 valence electrons. The maximum atomic E-state index is 12.3. The molecule has 2 aliphatic rings. The first kappa shape index (κ1) is 19.8. The van der Waals surface area contributed by atoms with Crippen molar-refractivity contribution < 1.29 is 9.59 Å². The molecule has 27 heavy (non-hydrogen) atoms. The van der Waals surface area contributed by atoms with E-state index in [1.165, 1.54) is 25.7 Å². The molecule has 2 fully saturated rings. The number of carbonyl (C=O) groups excluding carboxylic acids is 2. The Morgan fingerprint density at radius 3 is 2.41 bits per heavy atom. The Labute approximate surface area is 162 Å². The Morgan fingerprint density at radius 2 is 1.74 bits per heavy atom. The van der Waals surface area contributed by atoms with Crippen molar-refractivity contribution in [1.29, 1.82) is 0 Å². The average Bonchev–Trinajstić information content (AvgIpc) is 3.04. The molecule has 0 aromatic heterocycles. The Bertz CT molecular complexity index is 620. The zero-order chi connectivity index (χ0) is 18.9. The molecule has 2 saturated heterocycles. The van der Waals surface area contributed by atoms with Gasteiger partial charge in [-0.1, -0.05) is 18.9 Å². The molecule has 6 heteroatoms.